The summed E-state index contributed by atoms with van der Waals surface area (Å²) in [4.78, 5) is 0. The van der Waals surface area contributed by atoms with Gasteiger partial charge in [-0.2, -0.15) is 0 Å². The minimum atomic E-state index is 0.267. The maximum atomic E-state index is 6.85. The van der Waals surface area contributed by atoms with Crippen LogP contribution in [0.4, 0.5) is 0 Å². The number of fused-ring (bicyclic) bond motifs is 4. The molecule has 1 spiro atoms. The molecule has 0 aromatic heterocycles. The monoisotopic (exact) mass is 260 g/mol. The first kappa shape index (κ1) is 12.4. The second kappa shape index (κ2) is 4.91. The number of ether oxygens (including phenoxy) is 1. The van der Waals surface area contributed by atoms with Gasteiger partial charge in [-0.25, -0.2) is 0 Å². The maximum Gasteiger partial charge on any atom is 0.0751 e. The van der Waals surface area contributed by atoms with Crippen LogP contribution in [0.5, 0.6) is 0 Å². The highest BCUT2D eigenvalue weighted by molar-refractivity contribution is 5.24. The number of hydrogen-bond donors (Lipinski definition) is 0. The summed E-state index contributed by atoms with van der Waals surface area (Å²) in [6.07, 6.45) is 19.9. The third-order valence-electron chi connectivity index (χ3n) is 6.33. The average molecular weight is 260 g/mol. The first-order chi connectivity index (χ1) is 9.39. The molecular weight excluding hydrogens is 232 g/mol. The quantitative estimate of drug-likeness (QED) is 0.557. The Morgan fingerprint density at radius 2 is 1.74 bits per heavy atom. The molecule has 1 aliphatic heterocycles. The van der Waals surface area contributed by atoms with Crippen LogP contribution in [0.1, 0.15) is 77.0 Å². The Labute approximate surface area is 117 Å². The summed E-state index contributed by atoms with van der Waals surface area (Å²) in [5.41, 5.74) is 2.12. The molecule has 3 atom stereocenters. The first-order valence-corrected chi connectivity index (χ1v) is 8.77. The van der Waals surface area contributed by atoms with Gasteiger partial charge in [-0.15, -0.1) is 0 Å². The summed E-state index contributed by atoms with van der Waals surface area (Å²) in [6.45, 7) is 0. The third-order valence-corrected chi connectivity index (χ3v) is 6.33. The van der Waals surface area contributed by atoms with E-state index in [0.29, 0.717) is 6.10 Å². The summed E-state index contributed by atoms with van der Waals surface area (Å²) >= 11 is 0. The summed E-state index contributed by atoms with van der Waals surface area (Å²) in [5.74, 6) is 1.59. The van der Waals surface area contributed by atoms with Crippen molar-refractivity contribution >= 4 is 0 Å². The lowest BCUT2D eigenvalue weighted by molar-refractivity contribution is -0.188. The highest BCUT2D eigenvalue weighted by Gasteiger charge is 2.51. The zero-order valence-electron chi connectivity index (χ0n) is 12.2. The van der Waals surface area contributed by atoms with Crippen molar-refractivity contribution in [1.82, 2.24) is 0 Å². The highest BCUT2D eigenvalue weighted by atomic mass is 16.5. The fourth-order valence-electron chi connectivity index (χ4n) is 5.50. The molecule has 0 bridgehead atoms. The van der Waals surface area contributed by atoms with Crippen molar-refractivity contribution in [3.8, 4) is 0 Å². The molecule has 3 fully saturated rings. The summed E-state index contributed by atoms with van der Waals surface area (Å²) in [6, 6.07) is 0. The Morgan fingerprint density at radius 1 is 0.895 bits per heavy atom. The van der Waals surface area contributed by atoms with E-state index in [0.717, 1.165) is 11.8 Å². The predicted molar refractivity (Wildman–Crippen MR) is 78.1 cm³/mol. The Balaban J connectivity index is 1.69. The largest absolute Gasteiger partial charge is 0.371 e. The molecule has 0 radical (unpaired) electrons. The Hall–Kier alpha value is -0.300. The van der Waals surface area contributed by atoms with Crippen molar-refractivity contribution in [3.05, 3.63) is 11.6 Å². The van der Waals surface area contributed by atoms with E-state index < -0.39 is 0 Å². The van der Waals surface area contributed by atoms with Crippen LogP contribution in [0, 0.1) is 11.8 Å². The third kappa shape index (κ3) is 2.00. The van der Waals surface area contributed by atoms with E-state index in [9.17, 15) is 0 Å². The Kier molecular flexibility index (Phi) is 3.22. The lowest BCUT2D eigenvalue weighted by atomic mass is 9.61. The van der Waals surface area contributed by atoms with Crippen molar-refractivity contribution < 1.29 is 4.74 Å². The molecule has 2 saturated carbocycles. The van der Waals surface area contributed by atoms with Crippen LogP contribution in [-0.2, 0) is 4.74 Å². The summed E-state index contributed by atoms with van der Waals surface area (Å²) < 4.78 is 6.85. The van der Waals surface area contributed by atoms with E-state index in [1.54, 1.807) is 0 Å². The van der Waals surface area contributed by atoms with Gasteiger partial charge in [0.1, 0.15) is 0 Å². The normalized spacial score (nSPS) is 41.3. The van der Waals surface area contributed by atoms with Crippen molar-refractivity contribution in [2.45, 2.75) is 88.8 Å². The zero-order valence-corrected chi connectivity index (χ0v) is 12.2. The van der Waals surface area contributed by atoms with Crippen LogP contribution in [0.2, 0.25) is 0 Å². The highest BCUT2D eigenvalue weighted by Crippen LogP contribution is 2.54. The minimum absolute atomic E-state index is 0.267. The van der Waals surface area contributed by atoms with Crippen LogP contribution >= 0.6 is 0 Å². The molecule has 19 heavy (non-hydrogen) atoms. The van der Waals surface area contributed by atoms with Gasteiger partial charge in [0.25, 0.3) is 0 Å². The predicted octanol–water partition coefficient (Wildman–Crippen LogP) is 5.00. The number of rotatable bonds is 0. The first-order valence-electron chi connectivity index (χ1n) is 8.77. The van der Waals surface area contributed by atoms with Crippen LogP contribution in [0.25, 0.3) is 0 Å². The molecule has 1 heterocycles. The SMILES string of the molecule is C1=C2[C@@H]3CCCC[C@@H]3OC3(CCCCC3)[C@H]2CCC1. The Bertz CT molecular complexity index is 364. The molecule has 0 aromatic carbocycles. The lowest BCUT2D eigenvalue weighted by Crippen LogP contribution is -2.54. The van der Waals surface area contributed by atoms with E-state index in [1.165, 1.54) is 77.0 Å². The molecule has 0 unspecified atom stereocenters. The molecule has 1 heteroatoms. The molecule has 0 N–H and O–H groups in total. The van der Waals surface area contributed by atoms with Gasteiger partial charge in [0.15, 0.2) is 0 Å². The van der Waals surface area contributed by atoms with Gasteiger partial charge in [0, 0.05) is 11.8 Å². The minimum Gasteiger partial charge on any atom is -0.371 e. The van der Waals surface area contributed by atoms with Gasteiger partial charge < -0.3 is 4.74 Å². The van der Waals surface area contributed by atoms with E-state index in [2.05, 4.69) is 6.08 Å². The molecule has 3 aliphatic carbocycles. The van der Waals surface area contributed by atoms with Crippen LogP contribution < -0.4 is 0 Å². The molecule has 106 valence electrons. The fraction of sp³-hybridized carbons (Fsp3) is 0.889. The van der Waals surface area contributed by atoms with Crippen molar-refractivity contribution in [2.75, 3.05) is 0 Å². The molecule has 1 nitrogen and oxygen atoms in total. The summed E-state index contributed by atoms with van der Waals surface area (Å²) in [7, 11) is 0. The van der Waals surface area contributed by atoms with Gasteiger partial charge >= 0.3 is 0 Å². The van der Waals surface area contributed by atoms with E-state index in [-0.39, 0.29) is 5.60 Å². The van der Waals surface area contributed by atoms with Crippen LogP contribution in [0.3, 0.4) is 0 Å². The van der Waals surface area contributed by atoms with Gasteiger partial charge in [-0.3, -0.25) is 0 Å². The van der Waals surface area contributed by atoms with E-state index in [1.807, 2.05) is 5.57 Å². The topological polar surface area (TPSA) is 9.23 Å². The van der Waals surface area contributed by atoms with Crippen molar-refractivity contribution in [1.29, 1.82) is 0 Å². The zero-order chi connectivity index (χ0) is 12.7. The van der Waals surface area contributed by atoms with E-state index in [4.69, 9.17) is 4.74 Å². The molecule has 1 saturated heterocycles. The fourth-order valence-corrected chi connectivity index (χ4v) is 5.50. The van der Waals surface area contributed by atoms with Gasteiger partial charge in [-0.05, 0) is 44.9 Å². The van der Waals surface area contributed by atoms with Crippen LogP contribution in [0.15, 0.2) is 11.6 Å². The van der Waals surface area contributed by atoms with Gasteiger partial charge in [0.2, 0.25) is 0 Å². The molecular formula is C18H28O. The van der Waals surface area contributed by atoms with Crippen molar-refractivity contribution in [2.24, 2.45) is 11.8 Å². The molecule has 4 rings (SSSR count). The number of allylic oxidation sites excluding steroid dienone is 1. The average Bonchev–Trinajstić information content (AvgIpc) is 2.49. The second-order valence-electron chi connectivity index (χ2n) is 7.36. The standard InChI is InChI=1S/C18H28O/c1-6-12-18(13-7-1)16-10-4-2-8-14(16)15-9-3-5-11-17(15)19-18/h8,15-17H,1-7,9-13H2/t15-,16-,17-/m0/s1. The van der Waals surface area contributed by atoms with Gasteiger partial charge in [0.05, 0.1) is 11.7 Å². The Morgan fingerprint density at radius 3 is 2.63 bits per heavy atom. The van der Waals surface area contributed by atoms with Crippen LogP contribution in [-0.4, -0.2) is 11.7 Å². The van der Waals surface area contributed by atoms with Crippen molar-refractivity contribution in [3.63, 3.8) is 0 Å². The van der Waals surface area contributed by atoms with E-state index >= 15 is 0 Å². The molecule has 0 amide bonds. The molecule has 4 aliphatic rings. The van der Waals surface area contributed by atoms with Gasteiger partial charge in [-0.1, -0.05) is 43.8 Å². The maximum absolute atomic E-state index is 6.85. The number of hydrogen-bond acceptors (Lipinski definition) is 1. The molecule has 0 aromatic rings. The smallest absolute Gasteiger partial charge is 0.0751 e. The second-order valence-corrected chi connectivity index (χ2v) is 7.36. The summed E-state index contributed by atoms with van der Waals surface area (Å²) in [5, 5.41) is 0. The lowest BCUT2D eigenvalue weighted by Gasteiger charge is -2.55.